The summed E-state index contributed by atoms with van der Waals surface area (Å²) in [5.74, 6) is 6.00. The number of imidazole rings is 1. The Morgan fingerprint density at radius 2 is 2.53 bits per heavy atom. The van der Waals surface area contributed by atoms with Crippen LogP contribution < -0.4 is 0 Å². The molecular weight excluding hydrogens is 208 g/mol. The molecular formula is C11H8N2OS. The van der Waals surface area contributed by atoms with E-state index in [-0.39, 0.29) is 0 Å². The second-order valence-corrected chi connectivity index (χ2v) is 3.84. The van der Waals surface area contributed by atoms with Gasteiger partial charge < -0.3 is 4.57 Å². The molecule has 4 heteroatoms. The Kier molecular flexibility index (Phi) is 2.96. The van der Waals surface area contributed by atoms with Crippen LogP contribution in [0.4, 0.5) is 0 Å². The zero-order valence-corrected chi connectivity index (χ0v) is 8.70. The van der Waals surface area contributed by atoms with Gasteiger partial charge in [-0.3, -0.25) is 4.79 Å². The first-order valence-electron chi connectivity index (χ1n) is 4.37. The summed E-state index contributed by atoms with van der Waals surface area (Å²) in [6, 6.07) is 1.79. The molecule has 0 unspecified atom stereocenters. The van der Waals surface area contributed by atoms with Gasteiger partial charge in [0, 0.05) is 23.3 Å². The van der Waals surface area contributed by atoms with Crippen molar-refractivity contribution in [3.8, 4) is 11.8 Å². The summed E-state index contributed by atoms with van der Waals surface area (Å²) in [6.45, 7) is 0.617. The lowest BCUT2D eigenvalue weighted by Crippen LogP contribution is -1.89. The molecule has 3 nitrogen and oxygen atoms in total. The molecule has 0 atom stereocenters. The molecule has 0 radical (unpaired) electrons. The number of rotatable bonds is 2. The van der Waals surface area contributed by atoms with Crippen LogP contribution in [0.3, 0.4) is 0 Å². The third-order valence-corrected chi connectivity index (χ3v) is 2.65. The minimum Gasteiger partial charge on any atom is -0.326 e. The predicted octanol–water partition coefficient (Wildman–Crippen LogP) is 1.81. The lowest BCUT2D eigenvalue weighted by atomic mass is 10.3. The zero-order chi connectivity index (χ0) is 10.5. The Hall–Kier alpha value is -1.86. The van der Waals surface area contributed by atoms with Gasteiger partial charge >= 0.3 is 0 Å². The van der Waals surface area contributed by atoms with Crippen molar-refractivity contribution in [3.63, 3.8) is 0 Å². The number of aldehydes is 1. The molecule has 0 N–H and O–H groups in total. The maximum absolute atomic E-state index is 10.4. The smallest absolute Gasteiger partial charge is 0.160 e. The molecule has 0 aromatic carbocycles. The van der Waals surface area contributed by atoms with Crippen molar-refractivity contribution in [1.82, 2.24) is 9.55 Å². The van der Waals surface area contributed by atoms with Gasteiger partial charge in [0.15, 0.2) is 6.29 Å². The number of thiophene rings is 1. The third-order valence-electron chi connectivity index (χ3n) is 1.79. The molecule has 2 aromatic rings. The first-order valence-corrected chi connectivity index (χ1v) is 5.25. The average molecular weight is 216 g/mol. The van der Waals surface area contributed by atoms with Gasteiger partial charge in [-0.15, -0.1) is 11.3 Å². The molecule has 74 valence electrons. The lowest BCUT2D eigenvalue weighted by Gasteiger charge is -1.89. The van der Waals surface area contributed by atoms with E-state index in [0.29, 0.717) is 11.4 Å². The summed E-state index contributed by atoms with van der Waals surface area (Å²) in [7, 11) is 0. The summed E-state index contributed by atoms with van der Waals surface area (Å²) in [5, 5.41) is 1.88. The fourth-order valence-corrected chi connectivity index (χ4v) is 1.73. The second kappa shape index (κ2) is 4.58. The predicted molar refractivity (Wildman–Crippen MR) is 58.8 cm³/mol. The topological polar surface area (TPSA) is 34.9 Å². The maximum atomic E-state index is 10.4. The van der Waals surface area contributed by atoms with Crippen LogP contribution in [0.2, 0.25) is 0 Å². The Balaban J connectivity index is 2.02. The summed E-state index contributed by atoms with van der Waals surface area (Å²) < 4.78 is 1.89. The summed E-state index contributed by atoms with van der Waals surface area (Å²) >= 11 is 1.41. The van der Waals surface area contributed by atoms with Gasteiger partial charge in [0.2, 0.25) is 0 Å². The van der Waals surface area contributed by atoms with Crippen LogP contribution in [0.1, 0.15) is 15.2 Å². The van der Waals surface area contributed by atoms with Crippen LogP contribution in [0, 0.1) is 11.8 Å². The maximum Gasteiger partial charge on any atom is 0.160 e. The highest BCUT2D eigenvalue weighted by Crippen LogP contribution is 2.10. The van der Waals surface area contributed by atoms with Gasteiger partial charge in [-0.1, -0.05) is 11.8 Å². The first kappa shape index (κ1) is 9.69. The molecule has 2 aromatic heterocycles. The Morgan fingerprint density at radius 1 is 1.60 bits per heavy atom. The highest BCUT2D eigenvalue weighted by molar-refractivity contribution is 7.11. The van der Waals surface area contributed by atoms with E-state index in [2.05, 4.69) is 16.8 Å². The number of hydrogen-bond acceptors (Lipinski definition) is 3. The molecule has 0 fully saturated rings. The minimum atomic E-state index is 0.617. The molecule has 2 rings (SSSR count). The monoisotopic (exact) mass is 216 g/mol. The number of carbonyl (C=O) groups excluding carboxylic acids is 1. The van der Waals surface area contributed by atoms with Crippen LogP contribution in [0.5, 0.6) is 0 Å². The molecule has 0 saturated carbocycles. The van der Waals surface area contributed by atoms with Gasteiger partial charge in [-0.2, -0.15) is 0 Å². The van der Waals surface area contributed by atoms with Crippen LogP contribution in [0.25, 0.3) is 0 Å². The van der Waals surface area contributed by atoms with Crippen LogP contribution >= 0.6 is 11.3 Å². The molecule has 0 bridgehead atoms. The number of nitrogens with zero attached hydrogens (tertiary/aromatic N) is 2. The Bertz CT molecular complexity index is 502. The third kappa shape index (κ3) is 2.55. The molecule has 0 amide bonds. The van der Waals surface area contributed by atoms with E-state index < -0.39 is 0 Å². The van der Waals surface area contributed by atoms with Gasteiger partial charge in [-0.05, 0) is 6.07 Å². The van der Waals surface area contributed by atoms with Crippen molar-refractivity contribution >= 4 is 17.6 Å². The highest BCUT2D eigenvalue weighted by Gasteiger charge is 1.93. The van der Waals surface area contributed by atoms with E-state index in [4.69, 9.17) is 0 Å². The Labute approximate surface area is 91.4 Å². The molecule has 15 heavy (non-hydrogen) atoms. The second-order valence-electron chi connectivity index (χ2n) is 2.89. The van der Waals surface area contributed by atoms with Crippen LogP contribution in [-0.4, -0.2) is 15.8 Å². The van der Waals surface area contributed by atoms with E-state index in [1.165, 1.54) is 11.3 Å². The highest BCUT2D eigenvalue weighted by atomic mass is 32.1. The molecule has 0 aliphatic carbocycles. The quantitative estimate of drug-likeness (QED) is 0.567. The zero-order valence-electron chi connectivity index (χ0n) is 7.88. The van der Waals surface area contributed by atoms with Crippen molar-refractivity contribution in [3.05, 3.63) is 40.6 Å². The number of carbonyl (C=O) groups is 1. The number of aromatic nitrogens is 2. The molecule has 0 spiro atoms. The molecule has 2 heterocycles. The fraction of sp³-hybridized carbons (Fsp3) is 0.0909. The Morgan fingerprint density at radius 3 is 3.20 bits per heavy atom. The number of hydrogen-bond donors (Lipinski definition) is 0. The normalized spacial score (nSPS) is 9.33. The molecule has 0 aliphatic heterocycles. The standard InChI is InChI=1S/C11H8N2OS/c14-7-11-6-10(8-15-11)2-1-4-13-5-3-12-9-13/h3,5-9H,4H2. The van der Waals surface area contributed by atoms with E-state index in [1.807, 2.05) is 16.1 Å². The van der Waals surface area contributed by atoms with Crippen molar-refractivity contribution < 1.29 is 4.79 Å². The van der Waals surface area contributed by atoms with Crippen LogP contribution in [0.15, 0.2) is 30.2 Å². The van der Waals surface area contributed by atoms with Crippen molar-refractivity contribution in [2.45, 2.75) is 6.54 Å². The molecule has 0 saturated heterocycles. The van der Waals surface area contributed by atoms with E-state index >= 15 is 0 Å². The van der Waals surface area contributed by atoms with Crippen molar-refractivity contribution in [1.29, 1.82) is 0 Å². The lowest BCUT2D eigenvalue weighted by molar-refractivity contribution is 0.112. The van der Waals surface area contributed by atoms with Crippen molar-refractivity contribution in [2.24, 2.45) is 0 Å². The summed E-state index contributed by atoms with van der Waals surface area (Å²) in [4.78, 5) is 15.1. The first-order chi connectivity index (χ1) is 7.38. The van der Waals surface area contributed by atoms with Gasteiger partial charge in [0.05, 0.1) is 17.7 Å². The van der Waals surface area contributed by atoms with E-state index in [1.54, 1.807) is 18.6 Å². The minimum absolute atomic E-state index is 0.617. The van der Waals surface area contributed by atoms with E-state index in [9.17, 15) is 4.79 Å². The van der Waals surface area contributed by atoms with Crippen LogP contribution in [-0.2, 0) is 6.54 Å². The van der Waals surface area contributed by atoms with E-state index in [0.717, 1.165) is 11.8 Å². The largest absolute Gasteiger partial charge is 0.326 e. The van der Waals surface area contributed by atoms with Crippen molar-refractivity contribution in [2.75, 3.05) is 0 Å². The van der Waals surface area contributed by atoms with Gasteiger partial charge in [0.25, 0.3) is 0 Å². The average Bonchev–Trinajstić information content (AvgIpc) is 2.88. The SMILES string of the molecule is O=Cc1cc(C#CCn2ccnc2)cs1. The summed E-state index contributed by atoms with van der Waals surface area (Å²) in [5.41, 5.74) is 0.891. The molecule has 0 aliphatic rings. The summed E-state index contributed by atoms with van der Waals surface area (Å²) in [6.07, 6.45) is 6.14. The fourth-order valence-electron chi connectivity index (χ4n) is 1.09. The van der Waals surface area contributed by atoms with Gasteiger partial charge in [0.1, 0.15) is 0 Å². The van der Waals surface area contributed by atoms with Gasteiger partial charge in [-0.25, -0.2) is 4.98 Å².